The molecule has 1 N–H and O–H groups in total. The van der Waals surface area contributed by atoms with Crippen LogP contribution in [0.15, 0.2) is 12.5 Å². The zero-order valence-electron chi connectivity index (χ0n) is 6.10. The summed E-state index contributed by atoms with van der Waals surface area (Å²) >= 11 is 0. The van der Waals surface area contributed by atoms with E-state index in [1.165, 1.54) is 5.69 Å². The van der Waals surface area contributed by atoms with E-state index in [4.69, 9.17) is 0 Å². The normalized spacial score (nSPS) is 11.9. The zero-order valence-corrected chi connectivity index (χ0v) is 6.10. The smallest absolute Gasteiger partial charge is 0.0921 e. The molecule has 0 saturated heterocycles. The third-order valence-corrected chi connectivity index (χ3v) is 1.31. The van der Waals surface area contributed by atoms with Crippen molar-refractivity contribution in [3.63, 3.8) is 0 Å². The van der Waals surface area contributed by atoms with E-state index in [2.05, 4.69) is 30.7 Å². The highest BCUT2D eigenvalue weighted by Gasteiger charge is 2.13. The van der Waals surface area contributed by atoms with E-state index >= 15 is 0 Å². The lowest BCUT2D eigenvalue weighted by Crippen LogP contribution is -2.10. The van der Waals surface area contributed by atoms with Crippen molar-refractivity contribution in [2.75, 3.05) is 0 Å². The van der Waals surface area contributed by atoms with Crippen LogP contribution in [0.4, 0.5) is 0 Å². The van der Waals surface area contributed by atoms with Crippen LogP contribution >= 0.6 is 0 Å². The molecule has 0 atom stereocenters. The number of rotatable bonds is 0. The summed E-state index contributed by atoms with van der Waals surface area (Å²) in [5.74, 6) is 0. The molecule has 0 saturated carbocycles. The number of aromatic nitrogens is 2. The molecule has 2 heteroatoms. The monoisotopic (exact) mass is 124 g/mol. The Balaban J connectivity index is 2.90. The van der Waals surface area contributed by atoms with Gasteiger partial charge < -0.3 is 4.98 Å². The molecular formula is C7H12N2. The molecule has 0 aromatic carbocycles. The third kappa shape index (κ3) is 1.31. The summed E-state index contributed by atoms with van der Waals surface area (Å²) in [6, 6.07) is 0. The lowest BCUT2D eigenvalue weighted by molar-refractivity contribution is 0.572. The van der Waals surface area contributed by atoms with Crippen LogP contribution in [-0.2, 0) is 5.41 Å². The summed E-state index contributed by atoms with van der Waals surface area (Å²) in [5, 5.41) is 0. The third-order valence-electron chi connectivity index (χ3n) is 1.31. The summed E-state index contributed by atoms with van der Waals surface area (Å²) in [7, 11) is 0. The molecule has 1 heterocycles. The maximum atomic E-state index is 3.93. The molecule has 0 amide bonds. The van der Waals surface area contributed by atoms with E-state index in [9.17, 15) is 0 Å². The van der Waals surface area contributed by atoms with Gasteiger partial charge in [-0.2, -0.15) is 0 Å². The van der Waals surface area contributed by atoms with Gasteiger partial charge in [0.25, 0.3) is 0 Å². The van der Waals surface area contributed by atoms with E-state index in [0.717, 1.165) is 0 Å². The maximum absolute atomic E-state index is 3.93. The fourth-order valence-corrected chi connectivity index (χ4v) is 0.666. The highest BCUT2D eigenvalue weighted by Crippen LogP contribution is 2.17. The molecule has 1 aromatic rings. The van der Waals surface area contributed by atoms with Crippen LogP contribution in [-0.4, -0.2) is 9.97 Å². The average Bonchev–Trinajstić information content (AvgIpc) is 2.08. The van der Waals surface area contributed by atoms with Crippen molar-refractivity contribution >= 4 is 0 Å². The molecule has 9 heavy (non-hydrogen) atoms. The second-order valence-corrected chi connectivity index (χ2v) is 3.22. The maximum Gasteiger partial charge on any atom is 0.0921 e. The van der Waals surface area contributed by atoms with E-state index in [-0.39, 0.29) is 5.41 Å². The van der Waals surface area contributed by atoms with Gasteiger partial charge in [-0.1, -0.05) is 20.8 Å². The van der Waals surface area contributed by atoms with Crippen molar-refractivity contribution in [1.82, 2.24) is 9.97 Å². The molecule has 50 valence electrons. The van der Waals surface area contributed by atoms with Crippen molar-refractivity contribution in [3.8, 4) is 0 Å². The van der Waals surface area contributed by atoms with Gasteiger partial charge in [-0.15, -0.1) is 0 Å². The number of imidazole rings is 1. The Hall–Kier alpha value is -0.790. The van der Waals surface area contributed by atoms with Gasteiger partial charge in [0.15, 0.2) is 0 Å². The Bertz CT molecular complexity index is 169. The Morgan fingerprint density at radius 1 is 1.44 bits per heavy atom. The van der Waals surface area contributed by atoms with Crippen LogP contribution in [0.2, 0.25) is 0 Å². The van der Waals surface area contributed by atoms with Gasteiger partial charge >= 0.3 is 0 Å². The van der Waals surface area contributed by atoms with Crippen LogP contribution in [0.5, 0.6) is 0 Å². The van der Waals surface area contributed by atoms with E-state index < -0.39 is 0 Å². The lowest BCUT2D eigenvalue weighted by Gasteiger charge is -2.14. The second kappa shape index (κ2) is 1.87. The number of nitrogens with one attached hydrogen (secondary N) is 1. The fraction of sp³-hybridized carbons (Fsp3) is 0.571. The first-order valence-corrected chi connectivity index (χ1v) is 3.09. The number of aromatic amines is 1. The zero-order chi connectivity index (χ0) is 6.91. The molecule has 0 spiro atoms. The first-order valence-electron chi connectivity index (χ1n) is 3.09. The Kier molecular flexibility index (Phi) is 1.31. The predicted octanol–water partition coefficient (Wildman–Crippen LogP) is 1.71. The van der Waals surface area contributed by atoms with Crippen LogP contribution in [0.1, 0.15) is 26.5 Å². The van der Waals surface area contributed by atoms with Gasteiger partial charge in [0, 0.05) is 17.3 Å². The van der Waals surface area contributed by atoms with Gasteiger partial charge in [0.05, 0.1) is 6.33 Å². The van der Waals surface area contributed by atoms with Gasteiger partial charge in [-0.05, 0) is 0 Å². The fourth-order valence-electron chi connectivity index (χ4n) is 0.666. The first kappa shape index (κ1) is 6.33. The quantitative estimate of drug-likeness (QED) is 0.560. The van der Waals surface area contributed by atoms with Crippen LogP contribution in [0.3, 0.4) is 0 Å². The first-order chi connectivity index (χ1) is 4.11. The molecule has 1 rings (SSSR count). The molecule has 0 aliphatic rings. The molecule has 0 bridgehead atoms. The van der Waals surface area contributed by atoms with Gasteiger partial charge in [-0.25, -0.2) is 4.98 Å². The van der Waals surface area contributed by atoms with Gasteiger partial charge in [-0.3, -0.25) is 0 Å². The van der Waals surface area contributed by atoms with Gasteiger partial charge in [0.2, 0.25) is 0 Å². The standard InChI is InChI=1S/C7H12N2/c1-7(2,3)6-4-8-5-9-6/h4-5H,1-3H3,(H,8,9). The highest BCUT2D eigenvalue weighted by atomic mass is 14.9. The molecular weight excluding hydrogens is 112 g/mol. The summed E-state index contributed by atoms with van der Waals surface area (Å²) in [5.41, 5.74) is 1.39. The Morgan fingerprint density at radius 2 is 2.11 bits per heavy atom. The summed E-state index contributed by atoms with van der Waals surface area (Å²) < 4.78 is 0. The Morgan fingerprint density at radius 3 is 2.33 bits per heavy atom. The molecule has 0 unspecified atom stereocenters. The largest absolute Gasteiger partial charge is 0.348 e. The number of hydrogen-bond donors (Lipinski definition) is 1. The van der Waals surface area contributed by atoms with Crippen LogP contribution in [0.25, 0.3) is 0 Å². The average molecular weight is 124 g/mol. The SMILES string of the molecule is CC(C)(C)c1cnc[nH]1. The van der Waals surface area contributed by atoms with Crippen LogP contribution < -0.4 is 0 Å². The number of H-pyrrole nitrogens is 1. The highest BCUT2D eigenvalue weighted by molar-refractivity contribution is 5.07. The second-order valence-electron chi connectivity index (χ2n) is 3.22. The lowest BCUT2D eigenvalue weighted by atomic mass is 9.93. The summed E-state index contributed by atoms with van der Waals surface area (Å²) in [6.07, 6.45) is 3.57. The van der Waals surface area contributed by atoms with Crippen LogP contribution in [0, 0.1) is 0 Å². The minimum absolute atomic E-state index is 0.205. The number of hydrogen-bond acceptors (Lipinski definition) is 1. The minimum Gasteiger partial charge on any atom is -0.348 e. The molecule has 1 aromatic heterocycles. The van der Waals surface area contributed by atoms with Crippen molar-refractivity contribution in [2.24, 2.45) is 0 Å². The summed E-state index contributed by atoms with van der Waals surface area (Å²) in [6.45, 7) is 6.46. The van der Waals surface area contributed by atoms with E-state index in [1.54, 1.807) is 6.33 Å². The molecule has 0 aliphatic carbocycles. The molecule has 0 fully saturated rings. The van der Waals surface area contributed by atoms with Crippen molar-refractivity contribution in [1.29, 1.82) is 0 Å². The van der Waals surface area contributed by atoms with Crippen molar-refractivity contribution < 1.29 is 0 Å². The minimum atomic E-state index is 0.205. The molecule has 0 aliphatic heterocycles. The van der Waals surface area contributed by atoms with Crippen molar-refractivity contribution in [3.05, 3.63) is 18.2 Å². The van der Waals surface area contributed by atoms with Gasteiger partial charge in [0.1, 0.15) is 0 Å². The topological polar surface area (TPSA) is 28.7 Å². The molecule has 2 nitrogen and oxygen atoms in total. The van der Waals surface area contributed by atoms with Crippen molar-refractivity contribution in [2.45, 2.75) is 26.2 Å². The number of nitrogens with zero attached hydrogens (tertiary/aromatic N) is 1. The summed E-state index contributed by atoms with van der Waals surface area (Å²) in [4.78, 5) is 7.00. The predicted molar refractivity (Wildman–Crippen MR) is 37.3 cm³/mol. The Labute approximate surface area is 55.3 Å². The molecule has 0 radical (unpaired) electrons. The van der Waals surface area contributed by atoms with E-state index in [0.29, 0.717) is 0 Å². The van der Waals surface area contributed by atoms with E-state index in [1.807, 2.05) is 6.20 Å².